The summed E-state index contributed by atoms with van der Waals surface area (Å²) in [6.45, 7) is 6.98. The molecule has 7 nitrogen and oxygen atoms in total. The summed E-state index contributed by atoms with van der Waals surface area (Å²) in [5, 5.41) is 3.87. The molecule has 0 atom stereocenters. The molecule has 0 bridgehead atoms. The van der Waals surface area contributed by atoms with Crippen molar-refractivity contribution in [2.24, 2.45) is 0 Å². The average Bonchev–Trinajstić information content (AvgIpc) is 2.97. The summed E-state index contributed by atoms with van der Waals surface area (Å²) >= 11 is 0. The van der Waals surface area contributed by atoms with Gasteiger partial charge in [0.1, 0.15) is 5.82 Å². The van der Waals surface area contributed by atoms with E-state index in [2.05, 4.69) is 20.1 Å². The number of ether oxygens (including phenoxy) is 2. The summed E-state index contributed by atoms with van der Waals surface area (Å²) < 4.78 is 54.8. The van der Waals surface area contributed by atoms with Crippen LogP contribution >= 0.6 is 0 Å². The van der Waals surface area contributed by atoms with E-state index in [4.69, 9.17) is 14.5 Å². The second-order valence-electron chi connectivity index (χ2n) is 9.61. The Morgan fingerprint density at radius 1 is 0.821 bits per heavy atom. The van der Waals surface area contributed by atoms with E-state index in [-0.39, 0.29) is 11.1 Å². The monoisotopic (exact) mass is 535 g/mol. The first-order chi connectivity index (χ1) is 19.0. The van der Waals surface area contributed by atoms with Gasteiger partial charge in [-0.3, -0.25) is 0 Å². The van der Waals surface area contributed by atoms with Crippen molar-refractivity contribution >= 4 is 33.8 Å². The van der Waals surface area contributed by atoms with Crippen molar-refractivity contribution in [3.05, 3.63) is 71.7 Å². The molecular weight excluding hydrogens is 507 g/mol. The molecule has 39 heavy (non-hydrogen) atoms. The lowest BCUT2D eigenvalue weighted by atomic mass is 10.0. The number of rotatable bonds is 5. The lowest BCUT2D eigenvalue weighted by Crippen LogP contribution is -2.38. The molecule has 202 valence electrons. The van der Waals surface area contributed by atoms with Crippen LogP contribution in [0.5, 0.6) is 0 Å². The fourth-order valence-electron chi connectivity index (χ4n) is 5.13. The maximum Gasteiger partial charge on any atom is 0.161 e. The van der Waals surface area contributed by atoms with E-state index in [1.54, 1.807) is 25.1 Å². The van der Waals surface area contributed by atoms with Crippen LogP contribution in [-0.4, -0.2) is 62.6 Å². The van der Waals surface area contributed by atoms with Gasteiger partial charge in [-0.25, -0.2) is 23.1 Å². The summed E-state index contributed by atoms with van der Waals surface area (Å²) in [7, 11) is 0. The lowest BCUT2D eigenvalue weighted by molar-refractivity contribution is 0.122. The predicted octanol–water partition coefficient (Wildman–Crippen LogP) is 5.44. The molecule has 1 N–H and O–H groups in total. The number of hydrogen-bond acceptors (Lipinski definition) is 7. The molecule has 4 aromatic rings. The third-order valence-electron chi connectivity index (χ3n) is 7.20. The van der Waals surface area contributed by atoms with Crippen LogP contribution in [0.15, 0.2) is 48.7 Å². The van der Waals surface area contributed by atoms with Gasteiger partial charge in [-0.2, -0.15) is 0 Å². The van der Waals surface area contributed by atoms with Gasteiger partial charge in [0.25, 0.3) is 0 Å². The van der Waals surface area contributed by atoms with Gasteiger partial charge in [-0.1, -0.05) is 12.1 Å². The standard InChI is InChI=1S/C29H28F3N5O2/c1-18-27(20-4-2-3-5-22(20)30)34-25-16-24(32)23(31)15-21(25)28(18)35-26-14-19(36-6-10-38-11-7-36)17-33-29(26)37-8-12-39-13-9-37/h2-5,14-17H,6-13H2,1H3,(H,34,35). The van der Waals surface area contributed by atoms with Crippen LogP contribution in [0.1, 0.15) is 5.56 Å². The molecule has 2 aliphatic rings. The molecule has 0 spiro atoms. The molecule has 2 fully saturated rings. The Morgan fingerprint density at radius 2 is 1.49 bits per heavy atom. The summed E-state index contributed by atoms with van der Waals surface area (Å²) in [5.41, 5.74) is 3.56. The third-order valence-corrected chi connectivity index (χ3v) is 7.20. The maximum absolute atomic E-state index is 14.9. The van der Waals surface area contributed by atoms with Crippen molar-refractivity contribution in [2.75, 3.05) is 67.7 Å². The topological polar surface area (TPSA) is 62.8 Å². The average molecular weight is 536 g/mol. The number of nitrogens with one attached hydrogen (secondary N) is 1. The molecule has 2 saturated heterocycles. The van der Waals surface area contributed by atoms with E-state index in [0.29, 0.717) is 67.5 Å². The zero-order valence-corrected chi connectivity index (χ0v) is 21.5. The number of pyridine rings is 2. The Kier molecular flexibility index (Phi) is 6.97. The van der Waals surface area contributed by atoms with Crippen molar-refractivity contribution in [1.29, 1.82) is 0 Å². The number of aromatic nitrogens is 2. The van der Waals surface area contributed by atoms with E-state index in [9.17, 15) is 13.2 Å². The van der Waals surface area contributed by atoms with Crippen LogP contribution in [0.25, 0.3) is 22.2 Å². The normalized spacial score (nSPS) is 16.1. The number of hydrogen-bond donors (Lipinski definition) is 1. The van der Waals surface area contributed by atoms with E-state index in [1.807, 2.05) is 12.3 Å². The minimum Gasteiger partial charge on any atom is -0.378 e. The first-order valence-corrected chi connectivity index (χ1v) is 13.0. The van der Waals surface area contributed by atoms with Crippen LogP contribution in [-0.2, 0) is 9.47 Å². The summed E-state index contributed by atoms with van der Waals surface area (Å²) in [4.78, 5) is 13.7. The van der Waals surface area contributed by atoms with Crippen molar-refractivity contribution < 1.29 is 22.6 Å². The van der Waals surface area contributed by atoms with E-state index in [0.717, 1.165) is 36.7 Å². The SMILES string of the molecule is Cc1c(-c2ccccc2F)nc2cc(F)c(F)cc2c1Nc1cc(N2CCOCC2)cnc1N1CCOCC1. The fraction of sp³-hybridized carbons (Fsp3) is 0.310. The Balaban J connectivity index is 1.53. The fourth-order valence-corrected chi connectivity index (χ4v) is 5.13. The second-order valence-corrected chi connectivity index (χ2v) is 9.61. The van der Waals surface area contributed by atoms with E-state index in [1.165, 1.54) is 6.07 Å². The molecule has 4 heterocycles. The minimum atomic E-state index is -1.02. The summed E-state index contributed by atoms with van der Waals surface area (Å²) in [5.74, 6) is -1.74. The highest BCUT2D eigenvalue weighted by atomic mass is 19.2. The van der Waals surface area contributed by atoms with Crippen LogP contribution in [0.3, 0.4) is 0 Å². The minimum absolute atomic E-state index is 0.213. The maximum atomic E-state index is 14.9. The second kappa shape index (κ2) is 10.7. The molecule has 0 radical (unpaired) electrons. The Labute approximate surface area is 224 Å². The Morgan fingerprint density at radius 3 is 2.21 bits per heavy atom. The molecule has 10 heteroatoms. The highest BCUT2D eigenvalue weighted by Crippen LogP contribution is 2.39. The third kappa shape index (κ3) is 4.97. The largest absolute Gasteiger partial charge is 0.378 e. The molecule has 0 saturated carbocycles. The van der Waals surface area contributed by atoms with Crippen molar-refractivity contribution in [2.45, 2.75) is 6.92 Å². The van der Waals surface area contributed by atoms with Crippen LogP contribution in [0.2, 0.25) is 0 Å². The van der Waals surface area contributed by atoms with Gasteiger partial charge in [0, 0.05) is 43.2 Å². The van der Waals surface area contributed by atoms with Crippen LogP contribution in [0, 0.1) is 24.4 Å². The van der Waals surface area contributed by atoms with Gasteiger partial charge in [-0.05, 0) is 36.8 Å². The van der Waals surface area contributed by atoms with Crippen molar-refractivity contribution in [3.8, 4) is 11.3 Å². The van der Waals surface area contributed by atoms with Crippen molar-refractivity contribution in [3.63, 3.8) is 0 Å². The molecule has 0 unspecified atom stereocenters. The highest BCUT2D eigenvalue weighted by molar-refractivity contribution is 5.99. The number of benzene rings is 2. The predicted molar refractivity (Wildman–Crippen MR) is 145 cm³/mol. The van der Waals surface area contributed by atoms with Crippen LogP contribution in [0.4, 0.5) is 36.1 Å². The summed E-state index contributed by atoms with van der Waals surface area (Å²) in [6, 6.07) is 10.5. The van der Waals surface area contributed by atoms with Gasteiger partial charge < -0.3 is 24.6 Å². The molecular formula is C29H28F3N5O2. The number of halogens is 3. The van der Waals surface area contributed by atoms with Gasteiger partial charge in [-0.15, -0.1) is 0 Å². The molecule has 0 amide bonds. The van der Waals surface area contributed by atoms with E-state index < -0.39 is 17.5 Å². The Bertz CT molecular complexity index is 1520. The van der Waals surface area contributed by atoms with Crippen molar-refractivity contribution in [1.82, 2.24) is 9.97 Å². The van der Waals surface area contributed by atoms with Gasteiger partial charge in [0.05, 0.1) is 60.9 Å². The molecule has 2 aromatic heterocycles. The first kappa shape index (κ1) is 25.4. The van der Waals surface area contributed by atoms with Gasteiger partial charge in [0.2, 0.25) is 0 Å². The zero-order valence-electron chi connectivity index (χ0n) is 21.5. The first-order valence-electron chi connectivity index (χ1n) is 13.0. The molecule has 6 rings (SSSR count). The van der Waals surface area contributed by atoms with Gasteiger partial charge >= 0.3 is 0 Å². The number of morpholine rings is 2. The molecule has 2 aliphatic heterocycles. The number of fused-ring (bicyclic) bond motifs is 1. The quantitative estimate of drug-likeness (QED) is 0.365. The zero-order chi connectivity index (χ0) is 26.9. The van der Waals surface area contributed by atoms with Gasteiger partial charge in [0.15, 0.2) is 17.5 Å². The highest BCUT2D eigenvalue weighted by Gasteiger charge is 2.23. The van der Waals surface area contributed by atoms with E-state index >= 15 is 0 Å². The number of anilines is 4. The Hall–Kier alpha value is -3.89. The lowest BCUT2D eigenvalue weighted by Gasteiger charge is -2.32. The molecule has 0 aliphatic carbocycles. The number of nitrogens with zero attached hydrogens (tertiary/aromatic N) is 4. The van der Waals surface area contributed by atoms with Crippen LogP contribution < -0.4 is 15.1 Å². The molecule has 2 aromatic carbocycles. The smallest absolute Gasteiger partial charge is 0.161 e. The summed E-state index contributed by atoms with van der Waals surface area (Å²) in [6.07, 6.45) is 1.85.